The van der Waals surface area contributed by atoms with E-state index in [1.807, 2.05) is 24.3 Å². The minimum atomic E-state index is -0.356. The highest BCUT2D eigenvalue weighted by Gasteiger charge is 2.13. The van der Waals surface area contributed by atoms with Crippen LogP contribution >= 0.6 is 0 Å². The molecular formula is C24H20N2O3. The largest absolute Gasteiger partial charge is 0.497 e. The van der Waals surface area contributed by atoms with Crippen LogP contribution in [-0.2, 0) is 0 Å². The molecule has 4 aromatic rings. The van der Waals surface area contributed by atoms with Crippen molar-refractivity contribution in [1.82, 2.24) is 5.43 Å². The summed E-state index contributed by atoms with van der Waals surface area (Å²) in [5.41, 5.74) is 3.94. The molecule has 29 heavy (non-hydrogen) atoms. The van der Waals surface area contributed by atoms with E-state index in [1.54, 1.807) is 31.5 Å². The number of benzene rings is 4. The lowest BCUT2D eigenvalue weighted by atomic mass is 9.97. The predicted octanol–water partition coefficient (Wildman–Crippen LogP) is 4.77. The number of hydrogen-bond acceptors (Lipinski definition) is 4. The van der Waals surface area contributed by atoms with Crippen molar-refractivity contribution in [3.8, 4) is 11.5 Å². The van der Waals surface area contributed by atoms with Gasteiger partial charge in [-0.05, 0) is 39.7 Å². The summed E-state index contributed by atoms with van der Waals surface area (Å²) in [6.07, 6.45) is 1.69. The van der Waals surface area contributed by atoms with Crippen LogP contribution in [0.1, 0.15) is 15.9 Å². The second kappa shape index (κ2) is 8.02. The Hall–Kier alpha value is -3.86. The summed E-state index contributed by atoms with van der Waals surface area (Å²) >= 11 is 0. The van der Waals surface area contributed by atoms with Crippen LogP contribution in [0.5, 0.6) is 11.5 Å². The Labute approximate surface area is 168 Å². The Morgan fingerprint density at radius 1 is 0.862 bits per heavy atom. The number of fused-ring (bicyclic) bond motifs is 2. The lowest BCUT2D eigenvalue weighted by molar-refractivity contribution is 0.0952. The number of nitrogens with one attached hydrogen (secondary N) is 1. The molecule has 0 bridgehead atoms. The Morgan fingerprint density at radius 2 is 1.52 bits per heavy atom. The number of methoxy groups -OCH3 is 2. The molecule has 5 nitrogen and oxygen atoms in total. The Bertz CT molecular complexity index is 1180. The SMILES string of the molecule is COc1ccc(C(=O)N/N=C\c2c3ccccc3cc3ccccc23)c(OC)c1. The number of nitrogens with zero attached hydrogens (tertiary/aromatic N) is 1. The highest BCUT2D eigenvalue weighted by molar-refractivity contribution is 6.13. The smallest absolute Gasteiger partial charge is 0.275 e. The van der Waals surface area contributed by atoms with E-state index in [0.717, 1.165) is 27.1 Å². The van der Waals surface area contributed by atoms with Crippen molar-refractivity contribution >= 4 is 33.7 Å². The van der Waals surface area contributed by atoms with Gasteiger partial charge in [0.25, 0.3) is 5.91 Å². The van der Waals surface area contributed by atoms with Crippen molar-refractivity contribution in [2.75, 3.05) is 14.2 Å². The van der Waals surface area contributed by atoms with Crippen LogP contribution in [-0.4, -0.2) is 26.3 Å². The quantitative estimate of drug-likeness (QED) is 0.306. The zero-order valence-corrected chi connectivity index (χ0v) is 16.2. The predicted molar refractivity (Wildman–Crippen MR) is 116 cm³/mol. The van der Waals surface area contributed by atoms with E-state index in [1.165, 1.54) is 7.11 Å². The highest BCUT2D eigenvalue weighted by atomic mass is 16.5. The molecule has 0 aromatic heterocycles. The Kier molecular flexibility index (Phi) is 5.12. The van der Waals surface area contributed by atoms with Gasteiger partial charge in [0.05, 0.1) is 26.0 Å². The van der Waals surface area contributed by atoms with Gasteiger partial charge in [0, 0.05) is 11.6 Å². The first-order valence-corrected chi connectivity index (χ1v) is 9.17. The lowest BCUT2D eigenvalue weighted by Gasteiger charge is -2.09. The van der Waals surface area contributed by atoms with Crippen LogP contribution < -0.4 is 14.9 Å². The van der Waals surface area contributed by atoms with Crippen LogP contribution in [0.4, 0.5) is 0 Å². The number of hydrogen-bond donors (Lipinski definition) is 1. The van der Waals surface area contributed by atoms with Gasteiger partial charge in [0.1, 0.15) is 11.5 Å². The van der Waals surface area contributed by atoms with Gasteiger partial charge in [0.15, 0.2) is 0 Å². The first-order chi connectivity index (χ1) is 14.2. The summed E-state index contributed by atoms with van der Waals surface area (Å²) in [5, 5.41) is 8.62. The average molecular weight is 384 g/mol. The van der Waals surface area contributed by atoms with Crippen LogP contribution in [0.25, 0.3) is 21.5 Å². The van der Waals surface area contributed by atoms with Gasteiger partial charge in [0.2, 0.25) is 0 Å². The van der Waals surface area contributed by atoms with Crippen LogP contribution in [0.15, 0.2) is 77.9 Å². The van der Waals surface area contributed by atoms with E-state index in [0.29, 0.717) is 17.1 Å². The molecule has 0 saturated heterocycles. The van der Waals surface area contributed by atoms with Gasteiger partial charge in [-0.15, -0.1) is 0 Å². The van der Waals surface area contributed by atoms with Crippen molar-refractivity contribution in [3.05, 3.63) is 83.9 Å². The highest BCUT2D eigenvalue weighted by Crippen LogP contribution is 2.27. The summed E-state index contributed by atoms with van der Waals surface area (Å²) in [7, 11) is 3.07. The van der Waals surface area contributed by atoms with E-state index in [2.05, 4.69) is 40.9 Å². The number of ether oxygens (including phenoxy) is 2. The molecule has 0 aliphatic rings. The summed E-state index contributed by atoms with van der Waals surface area (Å²) in [5.74, 6) is 0.682. The maximum atomic E-state index is 12.6. The van der Waals surface area contributed by atoms with Gasteiger partial charge in [-0.3, -0.25) is 4.79 Å². The number of carbonyl (C=O) groups excluding carboxylic acids is 1. The van der Waals surface area contributed by atoms with E-state index < -0.39 is 0 Å². The topological polar surface area (TPSA) is 59.9 Å². The number of carbonyl (C=O) groups is 1. The maximum absolute atomic E-state index is 12.6. The Morgan fingerprint density at radius 3 is 2.14 bits per heavy atom. The summed E-state index contributed by atoms with van der Waals surface area (Å²) < 4.78 is 10.5. The van der Waals surface area contributed by atoms with Gasteiger partial charge in [-0.2, -0.15) is 5.10 Å². The van der Waals surface area contributed by atoms with E-state index in [4.69, 9.17) is 9.47 Å². The second-order valence-electron chi connectivity index (χ2n) is 6.50. The summed E-state index contributed by atoms with van der Waals surface area (Å²) in [4.78, 5) is 12.6. The molecule has 1 amide bonds. The molecule has 5 heteroatoms. The molecule has 0 aliphatic carbocycles. The monoisotopic (exact) mass is 384 g/mol. The fraction of sp³-hybridized carbons (Fsp3) is 0.0833. The zero-order chi connectivity index (χ0) is 20.2. The van der Waals surface area contributed by atoms with Crippen LogP contribution in [0.2, 0.25) is 0 Å². The lowest BCUT2D eigenvalue weighted by Crippen LogP contribution is -2.18. The zero-order valence-electron chi connectivity index (χ0n) is 16.2. The first kappa shape index (κ1) is 18.5. The molecule has 0 unspecified atom stereocenters. The molecule has 0 saturated carbocycles. The molecular weight excluding hydrogens is 364 g/mol. The summed E-state index contributed by atoms with van der Waals surface area (Å²) in [6, 6.07) is 23.4. The fourth-order valence-corrected chi connectivity index (χ4v) is 3.39. The van der Waals surface area contributed by atoms with E-state index in [9.17, 15) is 4.79 Å². The van der Waals surface area contributed by atoms with Gasteiger partial charge in [-0.25, -0.2) is 5.43 Å². The average Bonchev–Trinajstić information content (AvgIpc) is 2.77. The molecule has 0 spiro atoms. The Balaban J connectivity index is 1.68. The number of hydrazone groups is 1. The van der Waals surface area contributed by atoms with Crippen molar-refractivity contribution in [3.63, 3.8) is 0 Å². The molecule has 0 atom stereocenters. The third kappa shape index (κ3) is 3.62. The van der Waals surface area contributed by atoms with Crippen molar-refractivity contribution < 1.29 is 14.3 Å². The molecule has 4 rings (SSSR count). The summed E-state index contributed by atoms with van der Waals surface area (Å²) in [6.45, 7) is 0. The molecule has 144 valence electrons. The third-order valence-corrected chi connectivity index (χ3v) is 4.83. The minimum Gasteiger partial charge on any atom is -0.497 e. The van der Waals surface area contributed by atoms with Gasteiger partial charge < -0.3 is 9.47 Å². The minimum absolute atomic E-state index is 0.356. The first-order valence-electron chi connectivity index (χ1n) is 9.17. The molecule has 1 N–H and O–H groups in total. The van der Waals surface area contributed by atoms with E-state index in [-0.39, 0.29) is 5.91 Å². The van der Waals surface area contributed by atoms with Crippen LogP contribution in [0, 0.1) is 0 Å². The second-order valence-corrected chi connectivity index (χ2v) is 6.50. The molecule has 0 radical (unpaired) electrons. The molecule has 4 aromatic carbocycles. The molecule has 0 aliphatic heterocycles. The van der Waals surface area contributed by atoms with Gasteiger partial charge in [-0.1, -0.05) is 48.5 Å². The third-order valence-electron chi connectivity index (χ3n) is 4.83. The van der Waals surface area contributed by atoms with Crippen molar-refractivity contribution in [1.29, 1.82) is 0 Å². The van der Waals surface area contributed by atoms with Crippen molar-refractivity contribution in [2.45, 2.75) is 0 Å². The fourth-order valence-electron chi connectivity index (χ4n) is 3.39. The number of amides is 1. The van der Waals surface area contributed by atoms with Crippen molar-refractivity contribution in [2.24, 2.45) is 5.10 Å². The van der Waals surface area contributed by atoms with Gasteiger partial charge >= 0.3 is 0 Å². The maximum Gasteiger partial charge on any atom is 0.275 e. The normalized spacial score (nSPS) is 11.1. The standard InChI is InChI=1S/C24H20N2O3/c1-28-18-11-12-21(23(14-18)29-2)24(27)26-25-15-22-19-9-5-3-7-16(19)13-17-8-4-6-10-20(17)22/h3-15H,1-2H3,(H,26,27)/b25-15-. The van der Waals surface area contributed by atoms with E-state index >= 15 is 0 Å². The molecule has 0 fully saturated rings. The van der Waals surface area contributed by atoms with Crippen LogP contribution in [0.3, 0.4) is 0 Å². The molecule has 0 heterocycles. The number of rotatable bonds is 5.